The molecule has 82 valence electrons. The Labute approximate surface area is 81.1 Å². The smallest absolute Gasteiger partial charge is 0.361 e. The number of aliphatic hydroxyl groups excluding tert-OH is 1. The van der Waals surface area contributed by atoms with Gasteiger partial charge in [-0.05, 0) is 0 Å². The first kappa shape index (κ1) is 11.5. The van der Waals surface area contributed by atoms with Crippen molar-refractivity contribution in [3.8, 4) is 0 Å². The van der Waals surface area contributed by atoms with Gasteiger partial charge in [0.05, 0.1) is 6.61 Å². The number of rotatable bonds is 4. The van der Waals surface area contributed by atoms with Crippen LogP contribution in [0.2, 0.25) is 0 Å². The number of hydrogen-bond donors (Lipinski definition) is 1. The summed E-state index contributed by atoms with van der Waals surface area (Å²) in [7, 11) is 0. The molecular weight excluding hydrogens is 194 g/mol. The minimum absolute atomic E-state index is 0.0318. The molecule has 0 spiro atoms. The number of halogens is 2. The Balaban J connectivity index is 2.39. The Morgan fingerprint density at radius 3 is 2.29 bits per heavy atom. The van der Waals surface area contributed by atoms with Crippen LogP contribution in [0.15, 0.2) is 0 Å². The van der Waals surface area contributed by atoms with E-state index in [2.05, 4.69) is 0 Å². The molecule has 0 saturated carbocycles. The summed E-state index contributed by atoms with van der Waals surface area (Å²) in [5.41, 5.74) is 0. The molecule has 0 bridgehead atoms. The van der Waals surface area contributed by atoms with Crippen LogP contribution in [-0.4, -0.2) is 66.6 Å². The van der Waals surface area contributed by atoms with E-state index in [9.17, 15) is 13.6 Å². The SMILES string of the molecule is O=CC(F)(F)N1CCN(CCO)CC1. The number of alkyl halides is 2. The summed E-state index contributed by atoms with van der Waals surface area (Å²) in [6, 6.07) is -3.34. The predicted molar refractivity (Wildman–Crippen MR) is 46.1 cm³/mol. The van der Waals surface area contributed by atoms with Crippen molar-refractivity contribution in [2.45, 2.75) is 6.05 Å². The van der Waals surface area contributed by atoms with Crippen LogP contribution in [0.1, 0.15) is 0 Å². The second-order valence-electron chi connectivity index (χ2n) is 3.26. The lowest BCUT2D eigenvalue weighted by Gasteiger charge is -2.36. The monoisotopic (exact) mass is 208 g/mol. The largest absolute Gasteiger partial charge is 0.395 e. The van der Waals surface area contributed by atoms with Gasteiger partial charge in [-0.25, -0.2) is 4.90 Å². The van der Waals surface area contributed by atoms with E-state index in [-0.39, 0.29) is 26.0 Å². The van der Waals surface area contributed by atoms with Crippen LogP contribution in [0.25, 0.3) is 0 Å². The minimum Gasteiger partial charge on any atom is -0.395 e. The van der Waals surface area contributed by atoms with Gasteiger partial charge < -0.3 is 5.11 Å². The van der Waals surface area contributed by atoms with Crippen molar-refractivity contribution in [2.24, 2.45) is 0 Å². The number of aldehydes is 1. The van der Waals surface area contributed by atoms with Gasteiger partial charge in [0, 0.05) is 32.7 Å². The fraction of sp³-hybridized carbons (Fsp3) is 0.875. The Morgan fingerprint density at radius 1 is 1.29 bits per heavy atom. The van der Waals surface area contributed by atoms with E-state index < -0.39 is 6.05 Å². The molecule has 6 heteroatoms. The number of hydrogen-bond acceptors (Lipinski definition) is 4. The zero-order chi connectivity index (χ0) is 10.6. The molecule has 0 unspecified atom stereocenters. The first-order valence-electron chi connectivity index (χ1n) is 4.52. The second-order valence-corrected chi connectivity index (χ2v) is 3.26. The highest BCUT2D eigenvalue weighted by molar-refractivity contribution is 5.58. The van der Waals surface area contributed by atoms with Gasteiger partial charge in [-0.3, -0.25) is 9.69 Å². The normalized spacial score (nSPS) is 21.1. The number of piperazine rings is 1. The fourth-order valence-corrected chi connectivity index (χ4v) is 1.49. The van der Waals surface area contributed by atoms with E-state index in [4.69, 9.17) is 5.11 Å². The van der Waals surface area contributed by atoms with Crippen molar-refractivity contribution in [3.05, 3.63) is 0 Å². The molecule has 0 aromatic carbocycles. The van der Waals surface area contributed by atoms with Crippen LogP contribution in [0.4, 0.5) is 8.78 Å². The molecule has 1 aliphatic heterocycles. The average Bonchev–Trinajstić information content (AvgIpc) is 2.19. The van der Waals surface area contributed by atoms with Gasteiger partial charge in [-0.15, -0.1) is 0 Å². The minimum atomic E-state index is -3.34. The second kappa shape index (κ2) is 4.77. The zero-order valence-corrected chi connectivity index (χ0v) is 7.83. The van der Waals surface area contributed by atoms with Crippen LogP contribution in [0, 0.1) is 0 Å². The highest BCUT2D eigenvalue weighted by Gasteiger charge is 2.38. The van der Waals surface area contributed by atoms with Gasteiger partial charge in [0.25, 0.3) is 0 Å². The maximum atomic E-state index is 12.8. The van der Waals surface area contributed by atoms with Crippen molar-refractivity contribution >= 4 is 6.29 Å². The fourth-order valence-electron chi connectivity index (χ4n) is 1.49. The average molecular weight is 208 g/mol. The Bertz CT molecular complexity index is 194. The Kier molecular flexibility index (Phi) is 3.91. The molecular formula is C8H14F2N2O2. The van der Waals surface area contributed by atoms with E-state index >= 15 is 0 Å². The van der Waals surface area contributed by atoms with E-state index in [1.54, 1.807) is 0 Å². The van der Waals surface area contributed by atoms with Crippen LogP contribution < -0.4 is 0 Å². The number of nitrogens with zero attached hydrogens (tertiary/aromatic N) is 2. The summed E-state index contributed by atoms with van der Waals surface area (Å²) >= 11 is 0. The Hall–Kier alpha value is -0.590. The van der Waals surface area contributed by atoms with Gasteiger partial charge in [0.15, 0.2) is 0 Å². The van der Waals surface area contributed by atoms with Gasteiger partial charge in [-0.2, -0.15) is 8.78 Å². The molecule has 0 aromatic rings. The van der Waals surface area contributed by atoms with Crippen LogP contribution in [0.5, 0.6) is 0 Å². The predicted octanol–water partition coefficient (Wildman–Crippen LogP) is -0.612. The molecule has 0 aliphatic carbocycles. The number of carbonyl (C=O) groups is 1. The van der Waals surface area contributed by atoms with Gasteiger partial charge in [0.1, 0.15) is 0 Å². The van der Waals surface area contributed by atoms with Crippen LogP contribution >= 0.6 is 0 Å². The van der Waals surface area contributed by atoms with Crippen LogP contribution in [-0.2, 0) is 4.79 Å². The van der Waals surface area contributed by atoms with Gasteiger partial charge in [-0.1, -0.05) is 0 Å². The van der Waals surface area contributed by atoms with Crippen LogP contribution in [0.3, 0.4) is 0 Å². The quantitative estimate of drug-likeness (QED) is 0.494. The highest BCUT2D eigenvalue weighted by Crippen LogP contribution is 2.18. The molecule has 0 radical (unpaired) electrons. The Morgan fingerprint density at radius 2 is 1.86 bits per heavy atom. The van der Waals surface area contributed by atoms with Gasteiger partial charge in [0.2, 0.25) is 6.29 Å². The third-order valence-electron chi connectivity index (χ3n) is 2.35. The molecule has 1 heterocycles. The summed E-state index contributed by atoms with van der Waals surface area (Å²) in [5, 5.41) is 8.63. The molecule has 1 saturated heterocycles. The third kappa shape index (κ3) is 2.70. The summed E-state index contributed by atoms with van der Waals surface area (Å²) in [6.45, 7) is 1.77. The van der Waals surface area contributed by atoms with E-state index in [1.807, 2.05) is 4.90 Å². The van der Waals surface area contributed by atoms with Crippen molar-refractivity contribution in [1.29, 1.82) is 0 Å². The molecule has 0 atom stereocenters. The third-order valence-corrected chi connectivity index (χ3v) is 2.35. The van der Waals surface area contributed by atoms with Crippen molar-refractivity contribution < 1.29 is 18.7 Å². The van der Waals surface area contributed by atoms with Crippen molar-refractivity contribution in [2.75, 3.05) is 39.3 Å². The first-order valence-corrected chi connectivity index (χ1v) is 4.52. The molecule has 0 amide bonds. The summed E-state index contributed by atoms with van der Waals surface area (Å²) in [4.78, 5) is 12.8. The summed E-state index contributed by atoms with van der Waals surface area (Å²) in [5.74, 6) is 0. The molecule has 1 aliphatic rings. The lowest BCUT2D eigenvalue weighted by atomic mass is 10.3. The first-order chi connectivity index (χ1) is 6.60. The topological polar surface area (TPSA) is 43.8 Å². The van der Waals surface area contributed by atoms with Crippen molar-refractivity contribution in [3.63, 3.8) is 0 Å². The van der Waals surface area contributed by atoms with Gasteiger partial charge >= 0.3 is 6.05 Å². The molecule has 14 heavy (non-hydrogen) atoms. The summed E-state index contributed by atoms with van der Waals surface area (Å²) < 4.78 is 25.7. The van der Waals surface area contributed by atoms with E-state index in [0.717, 1.165) is 4.90 Å². The molecule has 4 nitrogen and oxygen atoms in total. The molecule has 1 N–H and O–H groups in total. The lowest BCUT2D eigenvalue weighted by molar-refractivity contribution is -0.167. The molecule has 1 rings (SSSR count). The molecule has 0 aromatic heterocycles. The maximum Gasteiger partial charge on any atom is 0.361 e. The van der Waals surface area contributed by atoms with E-state index in [1.165, 1.54) is 0 Å². The standard InChI is InChI=1S/C8H14F2N2O2/c9-8(10,7-14)12-3-1-11(2-4-12)5-6-13/h7,13H,1-6H2. The lowest BCUT2D eigenvalue weighted by Crippen LogP contribution is -2.54. The maximum absolute atomic E-state index is 12.8. The van der Waals surface area contributed by atoms with Crippen molar-refractivity contribution in [1.82, 2.24) is 9.80 Å². The number of β-amino-alcohol motifs (C(OH)–C–C–N with tert-alkyl or cyclic N) is 1. The number of aliphatic hydroxyl groups is 1. The summed E-state index contributed by atoms with van der Waals surface area (Å²) in [6.07, 6.45) is -0.325. The molecule has 1 fully saturated rings. The number of carbonyl (C=O) groups excluding carboxylic acids is 1. The highest BCUT2D eigenvalue weighted by atomic mass is 19.3. The van der Waals surface area contributed by atoms with E-state index in [0.29, 0.717) is 19.6 Å². The zero-order valence-electron chi connectivity index (χ0n) is 7.83.